The molecule has 3 saturated carbocycles. The molecular weight excluding hydrogens is 202 g/mol. The molecule has 2 bridgehead atoms. The van der Waals surface area contributed by atoms with Crippen LogP contribution in [0.4, 0.5) is 0 Å². The summed E-state index contributed by atoms with van der Waals surface area (Å²) in [6.45, 7) is 0.470. The third-order valence-electron chi connectivity index (χ3n) is 4.73. The van der Waals surface area contributed by atoms with Crippen LogP contribution < -0.4 is 5.32 Å². The van der Waals surface area contributed by atoms with Crippen LogP contribution in [-0.2, 0) is 4.79 Å². The smallest absolute Gasteiger partial charge is 0.223 e. The maximum atomic E-state index is 12.0. The average molecular weight is 223 g/mol. The second-order valence-corrected chi connectivity index (χ2v) is 5.93. The highest BCUT2D eigenvalue weighted by Gasteiger charge is 2.43. The highest BCUT2D eigenvalue weighted by molar-refractivity contribution is 5.79. The van der Waals surface area contributed by atoms with Crippen molar-refractivity contribution in [2.75, 3.05) is 6.54 Å². The number of carbonyl (C=O) groups excluding carboxylic acids is 1. The molecule has 0 radical (unpaired) electrons. The van der Waals surface area contributed by atoms with Gasteiger partial charge in [0.1, 0.15) is 0 Å². The van der Waals surface area contributed by atoms with Gasteiger partial charge in [0.25, 0.3) is 0 Å². The first-order valence-corrected chi connectivity index (χ1v) is 6.70. The Balaban J connectivity index is 1.46. The standard InChI is InChI=1S/C13H21NO2/c15-12(9-3-4-9)7-14-13(16)11-6-8-1-2-10(11)5-8/h8-12,15H,1-7H2,(H,14,16). The zero-order valence-electron chi connectivity index (χ0n) is 9.69. The summed E-state index contributed by atoms with van der Waals surface area (Å²) in [4.78, 5) is 12.0. The van der Waals surface area contributed by atoms with Crippen LogP contribution >= 0.6 is 0 Å². The molecule has 3 aliphatic rings. The number of fused-ring (bicyclic) bond motifs is 2. The number of carbonyl (C=O) groups is 1. The van der Waals surface area contributed by atoms with Crippen molar-refractivity contribution in [1.82, 2.24) is 5.32 Å². The van der Waals surface area contributed by atoms with Gasteiger partial charge in [0.2, 0.25) is 5.91 Å². The van der Waals surface area contributed by atoms with E-state index in [9.17, 15) is 9.90 Å². The van der Waals surface area contributed by atoms with E-state index in [1.165, 1.54) is 19.3 Å². The Hall–Kier alpha value is -0.570. The van der Waals surface area contributed by atoms with Gasteiger partial charge in [0.05, 0.1) is 6.10 Å². The Morgan fingerprint density at radius 1 is 1.25 bits per heavy atom. The largest absolute Gasteiger partial charge is 0.391 e. The summed E-state index contributed by atoms with van der Waals surface area (Å²) in [6, 6.07) is 0. The second-order valence-electron chi connectivity index (χ2n) is 5.93. The summed E-state index contributed by atoms with van der Waals surface area (Å²) in [5, 5.41) is 12.6. The lowest BCUT2D eigenvalue weighted by atomic mass is 9.88. The van der Waals surface area contributed by atoms with Gasteiger partial charge >= 0.3 is 0 Å². The molecule has 0 aromatic heterocycles. The molecule has 0 saturated heterocycles. The first kappa shape index (κ1) is 10.6. The van der Waals surface area contributed by atoms with E-state index in [0.717, 1.165) is 25.2 Å². The molecule has 3 heteroatoms. The number of nitrogens with one attached hydrogen (secondary N) is 1. The second kappa shape index (κ2) is 4.02. The zero-order valence-corrected chi connectivity index (χ0v) is 9.69. The van der Waals surface area contributed by atoms with E-state index in [1.54, 1.807) is 0 Å². The van der Waals surface area contributed by atoms with Crippen molar-refractivity contribution in [2.45, 2.75) is 44.6 Å². The number of amides is 1. The molecule has 0 aliphatic heterocycles. The molecule has 3 fully saturated rings. The van der Waals surface area contributed by atoms with Gasteiger partial charge in [0, 0.05) is 12.5 Å². The first-order chi connectivity index (χ1) is 7.74. The van der Waals surface area contributed by atoms with Crippen LogP contribution in [0.1, 0.15) is 38.5 Å². The lowest BCUT2D eigenvalue weighted by Crippen LogP contribution is -2.38. The molecule has 3 aliphatic carbocycles. The summed E-state index contributed by atoms with van der Waals surface area (Å²) < 4.78 is 0. The molecule has 0 spiro atoms. The summed E-state index contributed by atoms with van der Waals surface area (Å²) in [7, 11) is 0. The van der Waals surface area contributed by atoms with Gasteiger partial charge in [-0.1, -0.05) is 6.42 Å². The predicted octanol–water partition coefficient (Wildman–Crippen LogP) is 1.31. The lowest BCUT2D eigenvalue weighted by molar-refractivity contribution is -0.127. The molecule has 4 unspecified atom stereocenters. The quantitative estimate of drug-likeness (QED) is 0.755. The van der Waals surface area contributed by atoms with Gasteiger partial charge in [-0.25, -0.2) is 0 Å². The van der Waals surface area contributed by atoms with E-state index in [0.29, 0.717) is 18.4 Å². The molecule has 4 atom stereocenters. The van der Waals surface area contributed by atoms with E-state index >= 15 is 0 Å². The number of rotatable bonds is 4. The van der Waals surface area contributed by atoms with Crippen molar-refractivity contribution in [2.24, 2.45) is 23.7 Å². The van der Waals surface area contributed by atoms with Crippen molar-refractivity contribution in [3.05, 3.63) is 0 Å². The van der Waals surface area contributed by atoms with E-state index in [-0.39, 0.29) is 17.9 Å². The van der Waals surface area contributed by atoms with E-state index in [4.69, 9.17) is 0 Å². The van der Waals surface area contributed by atoms with Crippen molar-refractivity contribution in [3.63, 3.8) is 0 Å². The van der Waals surface area contributed by atoms with E-state index in [2.05, 4.69) is 5.32 Å². The first-order valence-electron chi connectivity index (χ1n) is 6.70. The predicted molar refractivity (Wildman–Crippen MR) is 60.7 cm³/mol. The van der Waals surface area contributed by atoms with E-state index in [1.807, 2.05) is 0 Å². The molecule has 0 heterocycles. The molecule has 0 aromatic rings. The fraction of sp³-hybridized carbons (Fsp3) is 0.923. The Kier molecular flexibility index (Phi) is 2.66. The Bertz CT molecular complexity index is 288. The Morgan fingerprint density at radius 2 is 2.06 bits per heavy atom. The Morgan fingerprint density at radius 3 is 2.62 bits per heavy atom. The highest BCUT2D eigenvalue weighted by Crippen LogP contribution is 2.48. The minimum atomic E-state index is -0.303. The van der Waals surface area contributed by atoms with Crippen molar-refractivity contribution >= 4 is 5.91 Å². The normalized spacial score (nSPS) is 38.7. The van der Waals surface area contributed by atoms with Crippen LogP contribution in [0.5, 0.6) is 0 Å². The molecular formula is C13H21NO2. The molecule has 3 rings (SSSR count). The number of hydrogen-bond acceptors (Lipinski definition) is 2. The molecule has 2 N–H and O–H groups in total. The topological polar surface area (TPSA) is 49.3 Å². The number of aliphatic hydroxyl groups excluding tert-OH is 1. The SMILES string of the molecule is O=C(NCC(O)C1CC1)C1CC2CCC1C2. The van der Waals surface area contributed by atoms with Gasteiger partial charge in [-0.15, -0.1) is 0 Å². The van der Waals surface area contributed by atoms with Crippen molar-refractivity contribution in [1.29, 1.82) is 0 Å². The van der Waals surface area contributed by atoms with Crippen LogP contribution in [0.25, 0.3) is 0 Å². The van der Waals surface area contributed by atoms with Crippen LogP contribution in [0.2, 0.25) is 0 Å². The molecule has 90 valence electrons. The van der Waals surface area contributed by atoms with Gasteiger partial charge in [-0.2, -0.15) is 0 Å². The van der Waals surface area contributed by atoms with Gasteiger partial charge in [-0.3, -0.25) is 4.79 Å². The van der Waals surface area contributed by atoms with Gasteiger partial charge < -0.3 is 10.4 Å². The lowest BCUT2D eigenvalue weighted by Gasteiger charge is -2.21. The zero-order chi connectivity index (χ0) is 11.1. The minimum absolute atomic E-state index is 0.201. The van der Waals surface area contributed by atoms with Gasteiger partial charge in [-0.05, 0) is 49.9 Å². The minimum Gasteiger partial charge on any atom is -0.391 e. The number of aliphatic hydroxyl groups is 1. The van der Waals surface area contributed by atoms with Crippen LogP contribution in [0.3, 0.4) is 0 Å². The van der Waals surface area contributed by atoms with E-state index < -0.39 is 0 Å². The molecule has 1 amide bonds. The third kappa shape index (κ3) is 1.97. The third-order valence-corrected chi connectivity index (χ3v) is 4.73. The van der Waals surface area contributed by atoms with Crippen LogP contribution in [-0.4, -0.2) is 23.7 Å². The van der Waals surface area contributed by atoms with Crippen LogP contribution in [0, 0.1) is 23.7 Å². The monoisotopic (exact) mass is 223 g/mol. The van der Waals surface area contributed by atoms with Crippen LogP contribution in [0.15, 0.2) is 0 Å². The Labute approximate surface area is 96.6 Å². The summed E-state index contributed by atoms with van der Waals surface area (Å²) in [6.07, 6.45) is 6.89. The molecule has 0 aromatic carbocycles. The van der Waals surface area contributed by atoms with Gasteiger partial charge in [0.15, 0.2) is 0 Å². The average Bonchev–Trinajstić information content (AvgIpc) is 2.94. The van der Waals surface area contributed by atoms with Crippen molar-refractivity contribution < 1.29 is 9.90 Å². The van der Waals surface area contributed by atoms with Crippen molar-refractivity contribution in [3.8, 4) is 0 Å². The summed E-state index contributed by atoms with van der Waals surface area (Å²) in [5.41, 5.74) is 0. The maximum absolute atomic E-state index is 12.0. The highest BCUT2D eigenvalue weighted by atomic mass is 16.3. The summed E-state index contributed by atoms with van der Waals surface area (Å²) >= 11 is 0. The summed E-state index contributed by atoms with van der Waals surface area (Å²) in [5.74, 6) is 2.37. The fourth-order valence-corrected chi connectivity index (χ4v) is 3.55. The molecule has 3 nitrogen and oxygen atoms in total. The molecule has 16 heavy (non-hydrogen) atoms. The fourth-order valence-electron chi connectivity index (χ4n) is 3.55. The number of hydrogen-bond donors (Lipinski definition) is 2. The maximum Gasteiger partial charge on any atom is 0.223 e.